The van der Waals surface area contributed by atoms with Gasteiger partial charge < -0.3 is 4.74 Å². The van der Waals surface area contributed by atoms with Gasteiger partial charge in [0.1, 0.15) is 16.3 Å². The van der Waals surface area contributed by atoms with Gasteiger partial charge in [-0.15, -0.1) is 0 Å². The van der Waals surface area contributed by atoms with Gasteiger partial charge >= 0.3 is 6.09 Å². The highest BCUT2D eigenvalue weighted by atomic mass is 35.5. The van der Waals surface area contributed by atoms with E-state index in [9.17, 15) is 4.79 Å². The van der Waals surface area contributed by atoms with Crippen LogP contribution in [-0.2, 0) is 11.3 Å². The highest BCUT2D eigenvalue weighted by Gasteiger charge is 2.07. The molecule has 3 nitrogen and oxygen atoms in total. The lowest BCUT2D eigenvalue weighted by Crippen LogP contribution is -2.21. The van der Waals surface area contributed by atoms with Crippen molar-refractivity contribution in [1.82, 2.24) is 5.32 Å². The van der Waals surface area contributed by atoms with E-state index in [4.69, 9.17) is 39.5 Å². The first-order chi connectivity index (χ1) is 8.90. The van der Waals surface area contributed by atoms with Gasteiger partial charge in [0.05, 0.1) is 0 Å². The first kappa shape index (κ1) is 16.2. The van der Waals surface area contributed by atoms with Gasteiger partial charge in [0.2, 0.25) is 0 Å². The SMILES string of the molecule is CC(C)c1ccc(COC(=O)NC(Cl)=C(Cl)Cl)cc1. The van der Waals surface area contributed by atoms with Crippen LogP contribution in [0.3, 0.4) is 0 Å². The largest absolute Gasteiger partial charge is 0.444 e. The van der Waals surface area contributed by atoms with Gasteiger partial charge in [-0.05, 0) is 17.0 Å². The molecule has 1 rings (SSSR count). The van der Waals surface area contributed by atoms with Crippen molar-refractivity contribution in [2.45, 2.75) is 26.4 Å². The van der Waals surface area contributed by atoms with Crippen molar-refractivity contribution in [3.05, 3.63) is 45.0 Å². The van der Waals surface area contributed by atoms with E-state index in [1.54, 1.807) is 0 Å². The average Bonchev–Trinajstić information content (AvgIpc) is 2.36. The summed E-state index contributed by atoms with van der Waals surface area (Å²) in [6.07, 6.45) is -0.711. The molecule has 0 saturated heterocycles. The Kier molecular flexibility index (Phi) is 6.49. The summed E-state index contributed by atoms with van der Waals surface area (Å²) < 4.78 is 4.74. The second kappa shape index (κ2) is 7.63. The quantitative estimate of drug-likeness (QED) is 0.802. The summed E-state index contributed by atoms with van der Waals surface area (Å²) in [6.45, 7) is 4.38. The van der Waals surface area contributed by atoms with Crippen LogP contribution in [-0.4, -0.2) is 6.09 Å². The summed E-state index contributed by atoms with van der Waals surface area (Å²) in [4.78, 5) is 11.3. The lowest BCUT2D eigenvalue weighted by molar-refractivity contribution is 0.143. The Bertz CT molecular complexity index is 465. The number of benzene rings is 1. The zero-order chi connectivity index (χ0) is 14.4. The van der Waals surface area contributed by atoms with Crippen LogP contribution < -0.4 is 5.32 Å². The standard InChI is InChI=1S/C13H14Cl3NO2/c1-8(2)10-5-3-9(4-6-10)7-19-13(18)17-12(16)11(14)15/h3-6,8H,7H2,1-2H3,(H,17,18). The molecule has 0 radical (unpaired) electrons. The zero-order valence-corrected chi connectivity index (χ0v) is 12.8. The van der Waals surface area contributed by atoms with Gasteiger partial charge in [0.15, 0.2) is 0 Å². The topological polar surface area (TPSA) is 38.3 Å². The van der Waals surface area contributed by atoms with Gasteiger partial charge in [0.25, 0.3) is 0 Å². The van der Waals surface area contributed by atoms with Gasteiger partial charge in [-0.2, -0.15) is 0 Å². The Hall–Kier alpha value is -0.900. The molecule has 0 heterocycles. The van der Waals surface area contributed by atoms with Gasteiger partial charge in [-0.3, -0.25) is 5.32 Å². The molecular weight excluding hydrogens is 309 g/mol. The van der Waals surface area contributed by atoms with Gasteiger partial charge in [-0.25, -0.2) is 4.79 Å². The molecule has 0 atom stereocenters. The van der Waals surface area contributed by atoms with Crippen molar-refractivity contribution in [1.29, 1.82) is 0 Å². The number of hydrogen-bond acceptors (Lipinski definition) is 2. The molecule has 0 aliphatic heterocycles. The number of rotatable bonds is 4. The van der Waals surface area contributed by atoms with E-state index in [0.717, 1.165) is 5.56 Å². The summed E-state index contributed by atoms with van der Waals surface area (Å²) >= 11 is 16.3. The Morgan fingerprint density at radius 2 is 1.79 bits per heavy atom. The molecule has 19 heavy (non-hydrogen) atoms. The summed E-state index contributed by atoms with van der Waals surface area (Å²) in [6, 6.07) is 7.83. The first-order valence-electron chi connectivity index (χ1n) is 5.63. The molecule has 1 aromatic carbocycles. The van der Waals surface area contributed by atoms with Crippen molar-refractivity contribution in [2.75, 3.05) is 0 Å². The Morgan fingerprint density at radius 3 is 2.26 bits per heavy atom. The fourth-order valence-electron chi connectivity index (χ4n) is 1.32. The van der Waals surface area contributed by atoms with Crippen LogP contribution in [0.25, 0.3) is 0 Å². The molecule has 0 saturated carbocycles. The molecule has 1 amide bonds. The number of carbonyl (C=O) groups excluding carboxylic acids is 1. The average molecular weight is 323 g/mol. The molecule has 0 aliphatic rings. The number of ether oxygens (including phenoxy) is 1. The number of nitrogens with one attached hydrogen (secondary N) is 1. The molecule has 0 aliphatic carbocycles. The van der Waals surface area contributed by atoms with Gasteiger partial charge in [0, 0.05) is 0 Å². The summed E-state index contributed by atoms with van der Waals surface area (Å²) in [5.41, 5.74) is 2.12. The third-order valence-corrected chi connectivity index (χ3v) is 3.25. The number of carbonyl (C=O) groups is 1. The fraction of sp³-hybridized carbons (Fsp3) is 0.308. The van der Waals surface area contributed by atoms with Crippen molar-refractivity contribution >= 4 is 40.9 Å². The monoisotopic (exact) mass is 321 g/mol. The Morgan fingerprint density at radius 1 is 1.21 bits per heavy atom. The maximum atomic E-state index is 11.3. The van der Waals surface area contributed by atoms with E-state index in [2.05, 4.69) is 19.2 Å². The normalized spacial score (nSPS) is 10.2. The summed E-state index contributed by atoms with van der Waals surface area (Å²) in [7, 11) is 0. The van der Waals surface area contributed by atoms with E-state index in [-0.39, 0.29) is 16.3 Å². The van der Waals surface area contributed by atoms with Crippen molar-refractivity contribution in [3.8, 4) is 0 Å². The smallest absolute Gasteiger partial charge is 0.412 e. The molecule has 104 valence electrons. The van der Waals surface area contributed by atoms with E-state index >= 15 is 0 Å². The molecule has 0 fully saturated rings. The lowest BCUT2D eigenvalue weighted by atomic mass is 10.0. The van der Waals surface area contributed by atoms with Crippen LogP contribution in [0.2, 0.25) is 0 Å². The highest BCUT2D eigenvalue weighted by molar-refractivity contribution is 6.59. The van der Waals surface area contributed by atoms with Crippen LogP contribution in [0, 0.1) is 0 Å². The van der Waals surface area contributed by atoms with E-state index < -0.39 is 6.09 Å². The first-order valence-corrected chi connectivity index (χ1v) is 6.77. The molecule has 0 unspecified atom stereocenters. The molecule has 1 N–H and O–H groups in total. The maximum absolute atomic E-state index is 11.3. The minimum absolute atomic E-state index is 0.147. The Labute approximate surface area is 127 Å². The molecule has 1 aromatic rings. The molecular formula is C13H14Cl3NO2. The molecule has 0 bridgehead atoms. The number of halogens is 3. The lowest BCUT2D eigenvalue weighted by Gasteiger charge is -2.08. The van der Waals surface area contributed by atoms with Crippen molar-refractivity contribution in [3.63, 3.8) is 0 Å². The predicted molar refractivity (Wildman–Crippen MR) is 78.4 cm³/mol. The van der Waals surface area contributed by atoms with Crippen LogP contribution in [0.5, 0.6) is 0 Å². The maximum Gasteiger partial charge on any atom is 0.412 e. The third-order valence-electron chi connectivity index (χ3n) is 2.39. The van der Waals surface area contributed by atoms with Crippen LogP contribution >= 0.6 is 34.8 Å². The summed E-state index contributed by atoms with van der Waals surface area (Å²) in [5, 5.41) is 2.04. The van der Waals surface area contributed by atoms with E-state index in [0.29, 0.717) is 5.92 Å². The highest BCUT2D eigenvalue weighted by Crippen LogP contribution is 2.16. The van der Waals surface area contributed by atoms with Crippen LogP contribution in [0.1, 0.15) is 30.9 Å². The van der Waals surface area contributed by atoms with Gasteiger partial charge in [-0.1, -0.05) is 72.9 Å². The third kappa shape index (κ3) is 5.72. The van der Waals surface area contributed by atoms with Crippen LogP contribution in [0.4, 0.5) is 4.79 Å². The number of hydrogen-bond donors (Lipinski definition) is 1. The van der Waals surface area contributed by atoms with Crippen molar-refractivity contribution < 1.29 is 9.53 Å². The minimum Gasteiger partial charge on any atom is -0.444 e. The second-order valence-corrected chi connectivity index (χ2v) is 5.50. The fourth-order valence-corrected chi connectivity index (χ4v) is 1.49. The molecule has 6 heteroatoms. The minimum atomic E-state index is -0.711. The molecule has 0 aromatic heterocycles. The van der Waals surface area contributed by atoms with Crippen molar-refractivity contribution in [2.24, 2.45) is 0 Å². The molecule has 0 spiro atoms. The predicted octanol–water partition coefficient (Wildman–Crippen LogP) is 4.88. The summed E-state index contributed by atoms with van der Waals surface area (Å²) in [5.74, 6) is 0.466. The van der Waals surface area contributed by atoms with Crippen LogP contribution in [0.15, 0.2) is 33.9 Å². The van der Waals surface area contributed by atoms with E-state index in [1.165, 1.54) is 5.56 Å². The zero-order valence-electron chi connectivity index (χ0n) is 10.5. The number of amides is 1. The second-order valence-electron chi connectivity index (χ2n) is 4.17. The van der Waals surface area contributed by atoms with E-state index in [1.807, 2.05) is 24.3 Å². The number of alkyl carbamates (subject to hydrolysis) is 1. The Balaban J connectivity index is 2.49.